The zero-order valence-electron chi connectivity index (χ0n) is 18.3. The number of thiophene rings is 1. The molecule has 0 bridgehead atoms. The summed E-state index contributed by atoms with van der Waals surface area (Å²) in [5.74, 6) is -0.0655. The Morgan fingerprint density at radius 1 is 1.18 bits per heavy atom. The van der Waals surface area contributed by atoms with Crippen molar-refractivity contribution < 1.29 is 14.3 Å². The van der Waals surface area contributed by atoms with E-state index in [0.29, 0.717) is 44.4 Å². The average Bonchev–Trinajstić information content (AvgIpc) is 3.47. The highest BCUT2D eigenvalue weighted by Crippen LogP contribution is 2.36. The van der Waals surface area contributed by atoms with Gasteiger partial charge in [0.05, 0.1) is 12.9 Å². The van der Waals surface area contributed by atoms with Gasteiger partial charge in [0, 0.05) is 28.7 Å². The van der Waals surface area contributed by atoms with Gasteiger partial charge in [-0.1, -0.05) is 41.6 Å². The number of carbonyl (C=O) groups is 2. The van der Waals surface area contributed by atoms with Crippen molar-refractivity contribution in [1.82, 2.24) is 19.7 Å². The first-order chi connectivity index (χ1) is 16.5. The monoisotopic (exact) mass is 513 g/mol. The van der Waals surface area contributed by atoms with Gasteiger partial charge in [-0.15, -0.1) is 21.5 Å². The third kappa shape index (κ3) is 5.14. The van der Waals surface area contributed by atoms with Crippen molar-refractivity contribution >= 4 is 51.6 Å². The summed E-state index contributed by atoms with van der Waals surface area (Å²) in [6.07, 6.45) is 1.70. The molecule has 0 radical (unpaired) electrons. The standard InChI is InChI=1S/C23H20ClN5O3S2/c1-3-29-20(17-6-4-5-11-25-17)27-28-23(29)34-13-18(30)26-21-19(22(31)32-2)16(12-33-21)14-7-9-15(24)10-8-14/h4-12H,3,13H2,1-2H3,(H,26,30). The molecule has 0 aliphatic carbocycles. The maximum atomic E-state index is 12.8. The second kappa shape index (κ2) is 10.8. The van der Waals surface area contributed by atoms with Gasteiger partial charge in [0.2, 0.25) is 5.91 Å². The van der Waals surface area contributed by atoms with Gasteiger partial charge >= 0.3 is 5.97 Å². The van der Waals surface area contributed by atoms with E-state index in [1.807, 2.05) is 47.2 Å². The number of ether oxygens (including phenoxy) is 1. The molecule has 3 heterocycles. The summed E-state index contributed by atoms with van der Waals surface area (Å²) in [7, 11) is 1.31. The number of halogens is 1. The minimum Gasteiger partial charge on any atom is -0.465 e. The van der Waals surface area contributed by atoms with E-state index in [-0.39, 0.29) is 11.7 Å². The van der Waals surface area contributed by atoms with Crippen molar-refractivity contribution in [1.29, 1.82) is 0 Å². The van der Waals surface area contributed by atoms with Crippen molar-refractivity contribution in [2.75, 3.05) is 18.2 Å². The Morgan fingerprint density at radius 2 is 1.97 bits per heavy atom. The Bertz CT molecular complexity index is 1310. The molecule has 4 rings (SSSR count). The van der Waals surface area contributed by atoms with Crippen LogP contribution in [0.3, 0.4) is 0 Å². The van der Waals surface area contributed by atoms with Gasteiger partial charge in [-0.3, -0.25) is 9.78 Å². The quantitative estimate of drug-likeness (QED) is 0.253. The van der Waals surface area contributed by atoms with Crippen LogP contribution in [0.4, 0.5) is 5.00 Å². The lowest BCUT2D eigenvalue weighted by molar-refractivity contribution is -0.113. The molecular formula is C23H20ClN5O3S2. The number of rotatable bonds is 8. The van der Waals surface area contributed by atoms with E-state index in [4.69, 9.17) is 16.3 Å². The van der Waals surface area contributed by atoms with E-state index in [2.05, 4.69) is 20.5 Å². The van der Waals surface area contributed by atoms with Crippen LogP contribution < -0.4 is 5.32 Å². The third-order valence-electron chi connectivity index (χ3n) is 4.85. The van der Waals surface area contributed by atoms with Crippen molar-refractivity contribution in [3.05, 3.63) is 64.6 Å². The van der Waals surface area contributed by atoms with Crippen LogP contribution in [0.15, 0.2) is 59.2 Å². The molecule has 34 heavy (non-hydrogen) atoms. The number of amides is 1. The molecule has 0 fully saturated rings. The van der Waals surface area contributed by atoms with E-state index >= 15 is 0 Å². The third-order valence-corrected chi connectivity index (χ3v) is 6.96. The molecule has 8 nitrogen and oxygen atoms in total. The molecule has 1 aromatic carbocycles. The molecule has 0 unspecified atom stereocenters. The SMILES string of the molecule is CCn1c(SCC(=O)Nc2scc(-c3ccc(Cl)cc3)c2C(=O)OC)nnc1-c1ccccn1. The number of benzene rings is 1. The number of esters is 1. The van der Waals surface area contributed by atoms with Gasteiger partial charge in [-0.05, 0) is 36.8 Å². The first-order valence-electron chi connectivity index (χ1n) is 10.2. The summed E-state index contributed by atoms with van der Waals surface area (Å²) in [6.45, 7) is 2.61. The Morgan fingerprint density at radius 3 is 2.65 bits per heavy atom. The van der Waals surface area contributed by atoms with E-state index in [0.717, 1.165) is 5.56 Å². The summed E-state index contributed by atoms with van der Waals surface area (Å²) in [4.78, 5) is 29.6. The average molecular weight is 514 g/mol. The van der Waals surface area contributed by atoms with Crippen LogP contribution in [0.25, 0.3) is 22.6 Å². The van der Waals surface area contributed by atoms with E-state index in [1.165, 1.54) is 30.2 Å². The largest absolute Gasteiger partial charge is 0.465 e. The minimum atomic E-state index is -0.528. The molecule has 0 saturated carbocycles. The number of hydrogen-bond acceptors (Lipinski definition) is 8. The van der Waals surface area contributed by atoms with Gasteiger partial charge < -0.3 is 14.6 Å². The van der Waals surface area contributed by atoms with Crippen LogP contribution in [-0.4, -0.2) is 44.5 Å². The first kappa shape index (κ1) is 23.9. The lowest BCUT2D eigenvalue weighted by Gasteiger charge is -2.09. The highest BCUT2D eigenvalue weighted by atomic mass is 35.5. The van der Waals surface area contributed by atoms with Gasteiger partial charge in [0.25, 0.3) is 0 Å². The van der Waals surface area contributed by atoms with Crippen LogP contribution >= 0.6 is 34.7 Å². The highest BCUT2D eigenvalue weighted by Gasteiger charge is 2.23. The summed E-state index contributed by atoms with van der Waals surface area (Å²) in [5.41, 5.74) is 2.49. The number of nitrogens with one attached hydrogen (secondary N) is 1. The maximum Gasteiger partial charge on any atom is 0.341 e. The molecule has 0 saturated heterocycles. The Kier molecular flexibility index (Phi) is 7.61. The molecule has 0 spiro atoms. The molecule has 3 aromatic heterocycles. The number of hydrogen-bond donors (Lipinski definition) is 1. The maximum absolute atomic E-state index is 12.8. The summed E-state index contributed by atoms with van der Waals surface area (Å²) >= 11 is 8.51. The molecule has 174 valence electrons. The second-order valence-electron chi connectivity index (χ2n) is 6.95. The fourth-order valence-electron chi connectivity index (χ4n) is 3.25. The normalized spacial score (nSPS) is 10.8. The molecule has 11 heteroatoms. The summed E-state index contributed by atoms with van der Waals surface area (Å²) in [5, 5.41) is 14.7. The van der Waals surface area contributed by atoms with Gasteiger partial charge in [0.15, 0.2) is 11.0 Å². The molecule has 0 aliphatic heterocycles. The zero-order valence-corrected chi connectivity index (χ0v) is 20.7. The minimum absolute atomic E-state index is 0.0924. The molecule has 0 atom stereocenters. The number of methoxy groups -OCH3 is 1. The van der Waals surface area contributed by atoms with Crippen molar-refractivity contribution in [3.8, 4) is 22.6 Å². The van der Waals surface area contributed by atoms with Gasteiger partial charge in [-0.25, -0.2) is 4.79 Å². The summed E-state index contributed by atoms with van der Waals surface area (Å²) < 4.78 is 6.87. The van der Waals surface area contributed by atoms with Crippen LogP contribution in [-0.2, 0) is 16.1 Å². The van der Waals surface area contributed by atoms with Gasteiger partial charge in [0.1, 0.15) is 16.3 Å². The molecule has 1 amide bonds. The number of nitrogens with zero attached hydrogens (tertiary/aromatic N) is 4. The number of pyridine rings is 1. The Hall–Kier alpha value is -3.21. The van der Waals surface area contributed by atoms with Crippen molar-refractivity contribution in [2.24, 2.45) is 0 Å². The smallest absolute Gasteiger partial charge is 0.341 e. The Labute approximate surface area is 209 Å². The van der Waals surface area contributed by atoms with Crippen LogP contribution in [0.2, 0.25) is 5.02 Å². The van der Waals surface area contributed by atoms with Gasteiger partial charge in [-0.2, -0.15) is 0 Å². The van der Waals surface area contributed by atoms with Crippen molar-refractivity contribution in [3.63, 3.8) is 0 Å². The molecule has 1 N–H and O–H groups in total. The zero-order chi connectivity index (χ0) is 24.1. The highest BCUT2D eigenvalue weighted by molar-refractivity contribution is 7.99. The van der Waals surface area contributed by atoms with Crippen LogP contribution in [0.1, 0.15) is 17.3 Å². The van der Waals surface area contributed by atoms with Crippen molar-refractivity contribution in [2.45, 2.75) is 18.6 Å². The van der Waals surface area contributed by atoms with E-state index < -0.39 is 5.97 Å². The predicted octanol–water partition coefficient (Wildman–Crippen LogP) is 5.26. The lowest BCUT2D eigenvalue weighted by atomic mass is 10.0. The van der Waals surface area contributed by atoms with Crippen LogP contribution in [0.5, 0.6) is 0 Å². The molecule has 0 aliphatic rings. The van der Waals surface area contributed by atoms with E-state index in [9.17, 15) is 9.59 Å². The number of carbonyl (C=O) groups excluding carboxylic acids is 2. The fraction of sp³-hybridized carbons (Fsp3) is 0.174. The predicted molar refractivity (Wildman–Crippen MR) is 134 cm³/mol. The van der Waals surface area contributed by atoms with E-state index in [1.54, 1.807) is 18.3 Å². The summed E-state index contributed by atoms with van der Waals surface area (Å²) in [6, 6.07) is 12.7. The number of aromatic nitrogens is 4. The molecular weight excluding hydrogens is 494 g/mol. The topological polar surface area (TPSA) is 99.0 Å². The number of thioether (sulfide) groups is 1. The lowest BCUT2D eigenvalue weighted by Crippen LogP contribution is -2.16. The number of anilines is 1. The second-order valence-corrected chi connectivity index (χ2v) is 9.21. The Balaban J connectivity index is 1.50. The van der Waals surface area contributed by atoms with Crippen LogP contribution in [0, 0.1) is 0 Å². The fourth-order valence-corrected chi connectivity index (χ4v) is 5.16. The first-order valence-corrected chi connectivity index (χ1v) is 12.5. The molecule has 4 aromatic rings.